The van der Waals surface area contributed by atoms with E-state index in [-0.39, 0.29) is 12.1 Å². The van der Waals surface area contributed by atoms with E-state index in [1.54, 1.807) is 11.3 Å². The van der Waals surface area contributed by atoms with E-state index < -0.39 is 0 Å². The van der Waals surface area contributed by atoms with Crippen molar-refractivity contribution >= 4 is 17.4 Å². The first kappa shape index (κ1) is 19.0. The summed E-state index contributed by atoms with van der Waals surface area (Å²) in [5.41, 5.74) is 3.04. The lowest BCUT2D eigenvalue weighted by atomic mass is 9.99. The normalized spacial score (nSPS) is 10.8. The minimum Gasteiger partial charge on any atom is -0.336 e. The minimum absolute atomic E-state index is 0.201. The number of carbonyl (C=O) groups is 1. The molecule has 0 bridgehead atoms. The highest BCUT2D eigenvalue weighted by Gasteiger charge is 2.16. The van der Waals surface area contributed by atoms with Gasteiger partial charge in [0.05, 0.1) is 17.5 Å². The van der Waals surface area contributed by atoms with Gasteiger partial charge >= 0.3 is 6.03 Å². The van der Waals surface area contributed by atoms with Crippen LogP contribution < -0.4 is 10.6 Å². The summed E-state index contributed by atoms with van der Waals surface area (Å²) in [4.78, 5) is 13.7. The van der Waals surface area contributed by atoms with Crippen LogP contribution in [0.25, 0.3) is 10.6 Å². The van der Waals surface area contributed by atoms with E-state index in [1.165, 1.54) is 0 Å². The molecule has 0 aliphatic rings. The van der Waals surface area contributed by atoms with E-state index >= 15 is 0 Å². The van der Waals surface area contributed by atoms with Crippen LogP contribution in [0.3, 0.4) is 0 Å². The standard InChI is InChI=1S/C23H22N4OS/c28-23(24-14-16-27-15-13-20(26-27)21-12-7-17-29-21)25-22(18-8-3-1-4-9-18)19-10-5-2-6-11-19/h1-13,15,17,22H,14,16H2,(H2,24,25,28). The van der Waals surface area contributed by atoms with Gasteiger partial charge in [0.15, 0.2) is 0 Å². The third kappa shape index (κ3) is 4.92. The van der Waals surface area contributed by atoms with Crippen molar-refractivity contribution in [1.29, 1.82) is 0 Å². The molecule has 0 saturated carbocycles. The molecule has 0 atom stereocenters. The van der Waals surface area contributed by atoms with E-state index in [2.05, 4.69) is 21.8 Å². The Morgan fingerprint density at radius 1 is 0.931 bits per heavy atom. The summed E-state index contributed by atoms with van der Waals surface area (Å²) in [7, 11) is 0. The molecule has 2 aromatic carbocycles. The van der Waals surface area contributed by atoms with Gasteiger partial charge in [0, 0.05) is 12.7 Å². The minimum atomic E-state index is -0.201. The van der Waals surface area contributed by atoms with E-state index in [1.807, 2.05) is 89.1 Å². The number of aromatic nitrogens is 2. The third-order valence-corrected chi connectivity index (χ3v) is 5.47. The highest BCUT2D eigenvalue weighted by atomic mass is 32.1. The van der Waals surface area contributed by atoms with Crippen molar-refractivity contribution in [3.8, 4) is 10.6 Å². The topological polar surface area (TPSA) is 59.0 Å². The van der Waals surface area contributed by atoms with Crippen LogP contribution in [0.15, 0.2) is 90.4 Å². The summed E-state index contributed by atoms with van der Waals surface area (Å²) >= 11 is 1.67. The fraction of sp³-hybridized carbons (Fsp3) is 0.130. The van der Waals surface area contributed by atoms with Crippen LogP contribution in [0.4, 0.5) is 4.79 Å². The molecule has 0 unspecified atom stereocenters. The molecule has 0 fully saturated rings. The van der Waals surface area contributed by atoms with Gasteiger partial charge in [-0.25, -0.2) is 4.79 Å². The van der Waals surface area contributed by atoms with Gasteiger partial charge < -0.3 is 10.6 Å². The van der Waals surface area contributed by atoms with Crippen LogP contribution >= 0.6 is 11.3 Å². The lowest BCUT2D eigenvalue weighted by molar-refractivity contribution is 0.238. The summed E-state index contributed by atoms with van der Waals surface area (Å²) in [5, 5.41) is 12.6. The SMILES string of the molecule is O=C(NCCn1ccc(-c2cccs2)n1)NC(c1ccccc1)c1ccccc1. The average molecular weight is 403 g/mol. The van der Waals surface area contributed by atoms with Gasteiger partial charge in [0.1, 0.15) is 5.69 Å². The molecule has 2 aromatic heterocycles. The Balaban J connectivity index is 1.35. The molecule has 29 heavy (non-hydrogen) atoms. The predicted molar refractivity (Wildman–Crippen MR) is 117 cm³/mol. The van der Waals surface area contributed by atoms with Gasteiger partial charge in [-0.3, -0.25) is 4.68 Å². The maximum atomic E-state index is 12.5. The molecule has 2 N–H and O–H groups in total. The second kappa shape index (κ2) is 9.21. The monoisotopic (exact) mass is 402 g/mol. The molecule has 0 aliphatic heterocycles. The van der Waals surface area contributed by atoms with Gasteiger partial charge in [-0.1, -0.05) is 66.7 Å². The Morgan fingerprint density at radius 3 is 2.24 bits per heavy atom. The van der Waals surface area contributed by atoms with E-state index in [0.717, 1.165) is 21.7 Å². The van der Waals surface area contributed by atoms with Crippen LogP contribution in [0.2, 0.25) is 0 Å². The van der Waals surface area contributed by atoms with Crippen molar-refractivity contribution in [1.82, 2.24) is 20.4 Å². The second-order valence-corrected chi connectivity index (χ2v) is 7.54. The number of rotatable bonds is 7. The lowest BCUT2D eigenvalue weighted by Gasteiger charge is -2.20. The number of thiophene rings is 1. The highest BCUT2D eigenvalue weighted by molar-refractivity contribution is 7.13. The fourth-order valence-corrected chi connectivity index (χ4v) is 3.85. The molecule has 146 valence electrons. The number of nitrogens with zero attached hydrogens (tertiary/aromatic N) is 2. The smallest absolute Gasteiger partial charge is 0.315 e. The molecule has 0 radical (unpaired) electrons. The van der Waals surface area contributed by atoms with Crippen LogP contribution in [-0.4, -0.2) is 22.4 Å². The molecule has 2 heterocycles. The van der Waals surface area contributed by atoms with E-state index in [9.17, 15) is 4.79 Å². The maximum Gasteiger partial charge on any atom is 0.315 e. The molecule has 2 amide bonds. The number of amides is 2. The summed E-state index contributed by atoms with van der Waals surface area (Å²) in [6.45, 7) is 1.10. The Bertz CT molecular complexity index is 990. The highest BCUT2D eigenvalue weighted by Crippen LogP contribution is 2.22. The average Bonchev–Trinajstić information content (AvgIpc) is 3.45. The summed E-state index contributed by atoms with van der Waals surface area (Å²) in [5.74, 6) is 0. The fourth-order valence-electron chi connectivity index (χ4n) is 3.16. The Morgan fingerprint density at radius 2 is 1.62 bits per heavy atom. The zero-order valence-electron chi connectivity index (χ0n) is 15.9. The number of hydrogen-bond donors (Lipinski definition) is 2. The zero-order chi connectivity index (χ0) is 19.9. The molecular formula is C23H22N4OS. The Labute approximate surface area is 174 Å². The van der Waals surface area contributed by atoms with E-state index in [4.69, 9.17) is 0 Å². The van der Waals surface area contributed by atoms with Crippen molar-refractivity contribution in [2.75, 3.05) is 6.54 Å². The number of benzene rings is 2. The summed E-state index contributed by atoms with van der Waals surface area (Å²) in [6, 6.07) is 25.6. The number of nitrogens with one attached hydrogen (secondary N) is 2. The molecule has 5 nitrogen and oxygen atoms in total. The van der Waals surface area contributed by atoms with Gasteiger partial charge in [0.2, 0.25) is 0 Å². The first-order chi connectivity index (χ1) is 14.3. The molecule has 0 aliphatic carbocycles. The summed E-state index contributed by atoms with van der Waals surface area (Å²) in [6.07, 6.45) is 1.94. The molecule has 0 spiro atoms. The molecule has 4 aromatic rings. The van der Waals surface area contributed by atoms with Crippen molar-refractivity contribution in [3.63, 3.8) is 0 Å². The van der Waals surface area contributed by atoms with Crippen LogP contribution in [0.5, 0.6) is 0 Å². The maximum absolute atomic E-state index is 12.5. The van der Waals surface area contributed by atoms with Gasteiger partial charge in [-0.2, -0.15) is 5.10 Å². The molecule has 4 rings (SSSR count). The van der Waals surface area contributed by atoms with Crippen LogP contribution in [0.1, 0.15) is 17.2 Å². The second-order valence-electron chi connectivity index (χ2n) is 6.60. The largest absolute Gasteiger partial charge is 0.336 e. The quantitative estimate of drug-likeness (QED) is 0.471. The van der Waals surface area contributed by atoms with Gasteiger partial charge in [-0.05, 0) is 28.6 Å². The van der Waals surface area contributed by atoms with Crippen molar-refractivity contribution in [2.24, 2.45) is 0 Å². The van der Waals surface area contributed by atoms with E-state index in [0.29, 0.717) is 13.1 Å². The molecule has 6 heteroatoms. The molecule has 0 saturated heterocycles. The third-order valence-electron chi connectivity index (χ3n) is 4.58. The zero-order valence-corrected chi connectivity index (χ0v) is 16.7. The van der Waals surface area contributed by atoms with Crippen molar-refractivity contribution in [2.45, 2.75) is 12.6 Å². The van der Waals surface area contributed by atoms with Crippen molar-refractivity contribution < 1.29 is 4.79 Å². The van der Waals surface area contributed by atoms with Gasteiger partial charge in [-0.15, -0.1) is 11.3 Å². The molecular weight excluding hydrogens is 380 g/mol. The number of carbonyl (C=O) groups excluding carboxylic acids is 1. The number of hydrogen-bond acceptors (Lipinski definition) is 3. The van der Waals surface area contributed by atoms with Gasteiger partial charge in [0.25, 0.3) is 0 Å². The first-order valence-corrected chi connectivity index (χ1v) is 10.4. The van der Waals surface area contributed by atoms with Crippen LogP contribution in [-0.2, 0) is 6.54 Å². The number of urea groups is 1. The lowest BCUT2D eigenvalue weighted by Crippen LogP contribution is -2.39. The van der Waals surface area contributed by atoms with Crippen molar-refractivity contribution in [3.05, 3.63) is 102 Å². The van der Waals surface area contributed by atoms with Crippen LogP contribution in [0, 0.1) is 0 Å². The Kier molecular flexibility index (Phi) is 6.02. The Hall–Kier alpha value is -3.38. The predicted octanol–water partition coefficient (Wildman–Crippen LogP) is 4.70. The first-order valence-electron chi connectivity index (χ1n) is 9.51. The summed E-state index contributed by atoms with van der Waals surface area (Å²) < 4.78 is 1.85.